The van der Waals surface area contributed by atoms with Crippen molar-refractivity contribution in [3.63, 3.8) is 0 Å². The van der Waals surface area contributed by atoms with Gasteiger partial charge in [-0.3, -0.25) is 0 Å². The molecule has 2 atom stereocenters. The van der Waals surface area contributed by atoms with Crippen LogP contribution in [0.15, 0.2) is 48.6 Å². The third kappa shape index (κ3) is 1.93. The lowest BCUT2D eigenvalue weighted by Crippen LogP contribution is -2.10. The van der Waals surface area contributed by atoms with Crippen molar-refractivity contribution in [2.45, 2.75) is 12.8 Å². The fourth-order valence-electron chi connectivity index (χ4n) is 2.38. The topological polar surface area (TPSA) is 25.8 Å². The van der Waals surface area contributed by atoms with Crippen molar-refractivity contribution in [3.05, 3.63) is 59.5 Å². The average molecular weight is 257 g/mol. The van der Waals surface area contributed by atoms with Crippen molar-refractivity contribution in [3.8, 4) is 0 Å². The highest BCUT2D eigenvalue weighted by Crippen LogP contribution is 2.33. The van der Waals surface area contributed by atoms with E-state index in [4.69, 9.17) is 11.6 Å². The molecule has 1 aliphatic carbocycles. The molecular formula is C15H13ClN2. The molecule has 1 aromatic heterocycles. The van der Waals surface area contributed by atoms with Gasteiger partial charge in [0.2, 0.25) is 5.28 Å². The molecule has 0 aliphatic heterocycles. The summed E-state index contributed by atoms with van der Waals surface area (Å²) < 4.78 is 0. The number of para-hydroxylation sites is 1. The second kappa shape index (κ2) is 4.54. The Balaban J connectivity index is 2.22. The van der Waals surface area contributed by atoms with Crippen LogP contribution in [0.4, 0.5) is 0 Å². The SMILES string of the molecule is CC1C=CC=CC1c1nc(Cl)nc2ccccc12. The molecule has 2 unspecified atom stereocenters. The zero-order valence-electron chi connectivity index (χ0n) is 10.0. The molecule has 0 saturated heterocycles. The number of fused-ring (bicyclic) bond motifs is 1. The van der Waals surface area contributed by atoms with Gasteiger partial charge in [0.05, 0.1) is 11.2 Å². The highest BCUT2D eigenvalue weighted by molar-refractivity contribution is 6.28. The van der Waals surface area contributed by atoms with E-state index < -0.39 is 0 Å². The average Bonchev–Trinajstić information content (AvgIpc) is 2.38. The zero-order chi connectivity index (χ0) is 12.5. The van der Waals surface area contributed by atoms with Gasteiger partial charge in [-0.1, -0.05) is 49.4 Å². The quantitative estimate of drug-likeness (QED) is 0.717. The second-order valence-electron chi connectivity index (χ2n) is 4.55. The highest BCUT2D eigenvalue weighted by Gasteiger charge is 2.20. The molecule has 0 radical (unpaired) electrons. The number of halogens is 1. The molecule has 0 fully saturated rings. The van der Waals surface area contributed by atoms with E-state index >= 15 is 0 Å². The van der Waals surface area contributed by atoms with E-state index in [1.54, 1.807) is 0 Å². The summed E-state index contributed by atoms with van der Waals surface area (Å²) >= 11 is 6.03. The maximum atomic E-state index is 6.03. The molecule has 2 aromatic rings. The lowest BCUT2D eigenvalue weighted by molar-refractivity contribution is 0.623. The standard InChI is InChI=1S/C15H13ClN2/c1-10-6-2-3-7-11(10)14-12-8-4-5-9-13(12)17-15(16)18-14/h2-11H,1H3. The van der Waals surface area contributed by atoms with Gasteiger partial charge in [0.1, 0.15) is 0 Å². The summed E-state index contributed by atoms with van der Waals surface area (Å²) in [5, 5.41) is 1.40. The van der Waals surface area contributed by atoms with Gasteiger partial charge < -0.3 is 0 Å². The van der Waals surface area contributed by atoms with Crippen LogP contribution in [-0.2, 0) is 0 Å². The van der Waals surface area contributed by atoms with Crippen molar-refractivity contribution in [1.29, 1.82) is 0 Å². The van der Waals surface area contributed by atoms with Crippen LogP contribution in [-0.4, -0.2) is 9.97 Å². The van der Waals surface area contributed by atoms with E-state index in [2.05, 4.69) is 47.3 Å². The first kappa shape index (κ1) is 11.4. The van der Waals surface area contributed by atoms with E-state index in [9.17, 15) is 0 Å². The number of hydrogen-bond donors (Lipinski definition) is 0. The van der Waals surface area contributed by atoms with Gasteiger partial charge in [0.25, 0.3) is 0 Å². The van der Waals surface area contributed by atoms with Crippen molar-refractivity contribution < 1.29 is 0 Å². The largest absolute Gasteiger partial charge is 0.223 e. The maximum Gasteiger partial charge on any atom is 0.223 e. The van der Waals surface area contributed by atoms with Gasteiger partial charge in [-0.05, 0) is 23.6 Å². The zero-order valence-corrected chi connectivity index (χ0v) is 10.8. The Labute approximate surface area is 111 Å². The number of benzene rings is 1. The molecule has 3 heteroatoms. The predicted octanol–water partition coefficient (Wildman–Crippen LogP) is 4.13. The Kier molecular flexibility index (Phi) is 2.88. The van der Waals surface area contributed by atoms with E-state index in [0.717, 1.165) is 16.6 Å². The minimum atomic E-state index is 0.264. The number of hydrogen-bond acceptors (Lipinski definition) is 2. The fourth-order valence-corrected chi connectivity index (χ4v) is 2.57. The van der Waals surface area contributed by atoms with E-state index in [-0.39, 0.29) is 5.92 Å². The van der Waals surface area contributed by atoms with Gasteiger partial charge in [-0.15, -0.1) is 0 Å². The van der Waals surface area contributed by atoms with Crippen molar-refractivity contribution in [2.24, 2.45) is 5.92 Å². The van der Waals surface area contributed by atoms with Crippen LogP contribution in [0.3, 0.4) is 0 Å². The number of aromatic nitrogens is 2. The van der Waals surface area contributed by atoms with Crippen LogP contribution in [0.25, 0.3) is 10.9 Å². The second-order valence-corrected chi connectivity index (χ2v) is 4.89. The predicted molar refractivity (Wildman–Crippen MR) is 74.7 cm³/mol. The van der Waals surface area contributed by atoms with Gasteiger partial charge in [0, 0.05) is 11.3 Å². The fraction of sp³-hybridized carbons (Fsp3) is 0.200. The minimum Gasteiger partial charge on any atom is -0.222 e. The molecule has 3 rings (SSSR count). The third-order valence-corrected chi connectivity index (χ3v) is 3.50. The molecule has 1 heterocycles. The van der Waals surface area contributed by atoms with Crippen LogP contribution in [0, 0.1) is 5.92 Å². The summed E-state index contributed by atoms with van der Waals surface area (Å²) in [7, 11) is 0. The number of nitrogens with zero attached hydrogens (tertiary/aromatic N) is 2. The molecule has 0 spiro atoms. The number of rotatable bonds is 1. The van der Waals surface area contributed by atoms with Gasteiger partial charge in [0.15, 0.2) is 0 Å². The molecule has 18 heavy (non-hydrogen) atoms. The molecule has 1 aromatic carbocycles. The Morgan fingerprint density at radius 2 is 1.83 bits per heavy atom. The van der Waals surface area contributed by atoms with Crippen LogP contribution >= 0.6 is 11.6 Å². The van der Waals surface area contributed by atoms with E-state index in [1.807, 2.05) is 18.2 Å². The van der Waals surface area contributed by atoms with Crippen molar-refractivity contribution in [1.82, 2.24) is 9.97 Å². The van der Waals surface area contributed by atoms with Crippen LogP contribution < -0.4 is 0 Å². The summed E-state index contributed by atoms with van der Waals surface area (Å²) in [5.74, 6) is 0.685. The first-order chi connectivity index (χ1) is 8.75. The van der Waals surface area contributed by atoms with Crippen LogP contribution in [0.2, 0.25) is 5.28 Å². The lowest BCUT2D eigenvalue weighted by Gasteiger charge is -2.21. The smallest absolute Gasteiger partial charge is 0.222 e. The minimum absolute atomic E-state index is 0.264. The number of allylic oxidation sites excluding steroid dienone is 4. The monoisotopic (exact) mass is 256 g/mol. The maximum absolute atomic E-state index is 6.03. The summed E-state index contributed by atoms with van der Waals surface area (Å²) in [4.78, 5) is 8.71. The lowest BCUT2D eigenvalue weighted by atomic mass is 9.86. The van der Waals surface area contributed by atoms with Gasteiger partial charge in [-0.25, -0.2) is 9.97 Å². The highest BCUT2D eigenvalue weighted by atomic mass is 35.5. The molecule has 90 valence electrons. The summed E-state index contributed by atoms with van der Waals surface area (Å²) in [5.41, 5.74) is 1.92. The van der Waals surface area contributed by atoms with Crippen LogP contribution in [0.1, 0.15) is 18.5 Å². The molecule has 0 saturated carbocycles. The Morgan fingerprint density at radius 1 is 1.06 bits per heavy atom. The first-order valence-electron chi connectivity index (χ1n) is 6.03. The molecule has 2 nitrogen and oxygen atoms in total. The summed E-state index contributed by atoms with van der Waals surface area (Å²) in [6, 6.07) is 8.00. The van der Waals surface area contributed by atoms with Crippen molar-refractivity contribution in [2.75, 3.05) is 0 Å². The van der Waals surface area contributed by atoms with E-state index in [0.29, 0.717) is 11.2 Å². The molecule has 0 amide bonds. The normalized spacial score (nSPS) is 22.6. The summed E-state index contributed by atoms with van der Waals surface area (Å²) in [6.45, 7) is 2.19. The Hall–Kier alpha value is -1.67. The van der Waals surface area contributed by atoms with Gasteiger partial charge >= 0.3 is 0 Å². The summed E-state index contributed by atoms with van der Waals surface area (Å²) in [6.07, 6.45) is 8.51. The van der Waals surface area contributed by atoms with Crippen LogP contribution in [0.5, 0.6) is 0 Å². The molecule has 0 N–H and O–H groups in total. The Bertz CT molecular complexity index is 646. The van der Waals surface area contributed by atoms with Crippen molar-refractivity contribution >= 4 is 22.5 Å². The van der Waals surface area contributed by atoms with E-state index in [1.165, 1.54) is 0 Å². The molecule has 0 bridgehead atoms. The molecular weight excluding hydrogens is 244 g/mol. The Morgan fingerprint density at radius 3 is 2.67 bits per heavy atom. The molecule has 1 aliphatic rings. The third-order valence-electron chi connectivity index (χ3n) is 3.33. The first-order valence-corrected chi connectivity index (χ1v) is 6.40. The van der Waals surface area contributed by atoms with Gasteiger partial charge in [-0.2, -0.15) is 0 Å².